The molecule has 2 rings (SSSR count). The lowest BCUT2D eigenvalue weighted by Gasteiger charge is -2.39. The molecule has 1 aliphatic heterocycles. The zero-order valence-corrected chi connectivity index (χ0v) is 14.9. The van der Waals surface area contributed by atoms with Gasteiger partial charge in [-0.25, -0.2) is 19.6 Å². The van der Waals surface area contributed by atoms with Crippen molar-refractivity contribution in [3.05, 3.63) is 16.9 Å². The number of aromatic nitrogens is 2. The van der Waals surface area contributed by atoms with E-state index in [1.54, 1.807) is 38.7 Å². The van der Waals surface area contributed by atoms with Gasteiger partial charge in [-0.3, -0.25) is 0 Å². The van der Waals surface area contributed by atoms with E-state index in [1.807, 2.05) is 0 Å². The van der Waals surface area contributed by atoms with Gasteiger partial charge < -0.3 is 19.6 Å². The molecule has 0 bridgehead atoms. The Hall–Kier alpha value is -2.09. The van der Waals surface area contributed by atoms with Crippen LogP contribution in [-0.2, 0) is 9.53 Å². The number of carboxylic acids is 1. The highest BCUT2D eigenvalue weighted by Crippen LogP contribution is 2.21. The molecule has 24 heavy (non-hydrogen) atoms. The highest BCUT2D eigenvalue weighted by atomic mass is 35.5. The van der Waals surface area contributed by atoms with Crippen LogP contribution in [-0.4, -0.2) is 63.3 Å². The minimum absolute atomic E-state index is 0.0147. The van der Waals surface area contributed by atoms with Crippen molar-refractivity contribution >= 4 is 29.6 Å². The van der Waals surface area contributed by atoms with Gasteiger partial charge in [-0.15, -0.1) is 0 Å². The number of hydrogen-bond acceptors (Lipinski definition) is 6. The zero-order valence-electron chi connectivity index (χ0n) is 14.1. The van der Waals surface area contributed by atoms with Crippen molar-refractivity contribution in [2.45, 2.75) is 39.3 Å². The normalized spacial score (nSPS) is 18.5. The summed E-state index contributed by atoms with van der Waals surface area (Å²) in [5, 5.41) is 9.78. The van der Waals surface area contributed by atoms with E-state index in [-0.39, 0.29) is 24.2 Å². The molecule has 0 radical (unpaired) electrons. The second-order valence-electron chi connectivity index (χ2n) is 6.61. The number of nitrogens with zero attached hydrogens (tertiary/aromatic N) is 4. The van der Waals surface area contributed by atoms with Gasteiger partial charge in [0.05, 0.1) is 6.54 Å². The molecule has 1 atom stereocenters. The van der Waals surface area contributed by atoms with Crippen molar-refractivity contribution in [1.29, 1.82) is 0 Å². The molecule has 1 aromatic heterocycles. The van der Waals surface area contributed by atoms with Crippen LogP contribution in [0.2, 0.25) is 5.15 Å². The van der Waals surface area contributed by atoms with Gasteiger partial charge in [0.15, 0.2) is 0 Å². The van der Waals surface area contributed by atoms with Crippen LogP contribution in [0, 0.1) is 6.92 Å². The molecule has 8 nitrogen and oxygen atoms in total. The van der Waals surface area contributed by atoms with Gasteiger partial charge >= 0.3 is 12.1 Å². The number of ether oxygens (including phenoxy) is 1. The largest absolute Gasteiger partial charge is 0.480 e. The molecule has 0 saturated carbocycles. The molecule has 1 aliphatic rings. The van der Waals surface area contributed by atoms with Crippen LogP contribution in [0.15, 0.2) is 6.07 Å². The van der Waals surface area contributed by atoms with Crippen molar-refractivity contribution in [2.75, 3.05) is 24.5 Å². The number of halogens is 1. The van der Waals surface area contributed by atoms with E-state index in [0.29, 0.717) is 12.2 Å². The number of carboxylic acid groups (broad SMARTS) is 1. The smallest absolute Gasteiger partial charge is 0.410 e. The Bertz CT molecular complexity index is 627. The minimum Gasteiger partial charge on any atom is -0.480 e. The van der Waals surface area contributed by atoms with Gasteiger partial charge in [0.25, 0.3) is 0 Å². The number of piperazine rings is 1. The molecule has 0 aromatic carbocycles. The van der Waals surface area contributed by atoms with E-state index in [4.69, 9.17) is 16.3 Å². The monoisotopic (exact) mass is 356 g/mol. The highest BCUT2D eigenvalue weighted by molar-refractivity contribution is 6.29. The lowest BCUT2D eigenvalue weighted by Crippen LogP contribution is -2.59. The fraction of sp³-hybridized carbons (Fsp3) is 0.600. The Balaban J connectivity index is 2.20. The van der Waals surface area contributed by atoms with Crippen molar-refractivity contribution in [3.63, 3.8) is 0 Å². The summed E-state index contributed by atoms with van der Waals surface area (Å²) in [5.41, 5.74) is 0.00355. The number of amides is 1. The van der Waals surface area contributed by atoms with Gasteiger partial charge in [0.1, 0.15) is 16.8 Å². The van der Waals surface area contributed by atoms with Crippen LogP contribution >= 0.6 is 11.6 Å². The van der Waals surface area contributed by atoms with Gasteiger partial charge in [-0.2, -0.15) is 0 Å². The molecule has 1 unspecified atom stereocenters. The first kappa shape index (κ1) is 18.3. The summed E-state index contributed by atoms with van der Waals surface area (Å²) in [7, 11) is 0. The highest BCUT2D eigenvalue weighted by Gasteiger charge is 2.37. The van der Waals surface area contributed by atoms with Crippen molar-refractivity contribution < 1.29 is 19.4 Å². The summed E-state index contributed by atoms with van der Waals surface area (Å²) < 4.78 is 5.31. The van der Waals surface area contributed by atoms with Crippen LogP contribution in [0.25, 0.3) is 0 Å². The molecular formula is C15H21ClN4O4. The Morgan fingerprint density at radius 3 is 2.54 bits per heavy atom. The molecule has 2 heterocycles. The number of anilines is 1. The fourth-order valence-corrected chi connectivity index (χ4v) is 2.60. The zero-order chi connectivity index (χ0) is 18.1. The predicted octanol–water partition coefficient (Wildman–Crippen LogP) is 1.95. The summed E-state index contributed by atoms with van der Waals surface area (Å²) in [6.45, 7) is 7.61. The third kappa shape index (κ3) is 4.47. The second-order valence-corrected chi connectivity index (χ2v) is 6.99. The summed E-state index contributed by atoms with van der Waals surface area (Å²) in [4.78, 5) is 35.1. The van der Waals surface area contributed by atoms with Crippen molar-refractivity contribution in [3.8, 4) is 0 Å². The maximum Gasteiger partial charge on any atom is 0.410 e. The summed E-state index contributed by atoms with van der Waals surface area (Å²) in [5.74, 6) is -0.819. The average Bonchev–Trinajstić information content (AvgIpc) is 2.43. The topological polar surface area (TPSA) is 95.9 Å². The molecule has 0 aliphatic carbocycles. The first-order valence-corrected chi connectivity index (χ1v) is 7.93. The van der Waals surface area contributed by atoms with E-state index in [1.165, 1.54) is 4.90 Å². The molecule has 1 amide bonds. The fourth-order valence-electron chi connectivity index (χ4n) is 2.37. The lowest BCUT2D eigenvalue weighted by molar-refractivity contribution is -0.139. The molecule has 1 fully saturated rings. The number of carbonyl (C=O) groups excluding carboxylic acids is 1. The van der Waals surface area contributed by atoms with Crippen LogP contribution < -0.4 is 4.90 Å². The molecule has 0 spiro atoms. The second kappa shape index (κ2) is 6.80. The maximum absolute atomic E-state index is 12.2. The summed E-state index contributed by atoms with van der Waals surface area (Å²) >= 11 is 5.94. The molecular weight excluding hydrogens is 336 g/mol. The van der Waals surface area contributed by atoms with Gasteiger partial charge in [0, 0.05) is 18.8 Å². The molecule has 132 valence electrons. The van der Waals surface area contributed by atoms with Gasteiger partial charge in [-0.05, 0) is 33.8 Å². The van der Waals surface area contributed by atoms with Crippen LogP contribution in [0.1, 0.15) is 26.5 Å². The van der Waals surface area contributed by atoms with Crippen molar-refractivity contribution in [1.82, 2.24) is 14.9 Å². The summed E-state index contributed by atoms with van der Waals surface area (Å²) in [6, 6.07) is 0.627. The Morgan fingerprint density at radius 1 is 1.33 bits per heavy atom. The quantitative estimate of drug-likeness (QED) is 0.809. The van der Waals surface area contributed by atoms with Gasteiger partial charge in [-0.1, -0.05) is 11.6 Å². The lowest BCUT2D eigenvalue weighted by atomic mass is 10.1. The van der Waals surface area contributed by atoms with E-state index in [0.717, 1.165) is 0 Å². The molecule has 1 N–H and O–H groups in total. The van der Waals surface area contributed by atoms with E-state index in [2.05, 4.69) is 9.97 Å². The third-order valence-corrected chi connectivity index (χ3v) is 3.58. The molecule has 1 aromatic rings. The number of aliphatic carboxylic acids is 1. The van der Waals surface area contributed by atoms with E-state index >= 15 is 0 Å². The predicted molar refractivity (Wildman–Crippen MR) is 88.4 cm³/mol. The SMILES string of the molecule is Cc1cc(Cl)nc(N2CCN(C(=O)OC(C)(C)C)CC2C(=O)O)n1. The number of rotatable bonds is 2. The first-order chi connectivity index (χ1) is 11.1. The number of aryl methyl sites for hydroxylation is 1. The average molecular weight is 357 g/mol. The van der Waals surface area contributed by atoms with Crippen molar-refractivity contribution in [2.24, 2.45) is 0 Å². The molecule has 1 saturated heterocycles. The van der Waals surface area contributed by atoms with Crippen LogP contribution in [0.4, 0.5) is 10.7 Å². The molecule has 9 heteroatoms. The van der Waals surface area contributed by atoms with E-state index in [9.17, 15) is 14.7 Å². The Morgan fingerprint density at radius 2 is 2.00 bits per heavy atom. The standard InChI is InChI=1S/C15H21ClN4O4/c1-9-7-11(16)18-13(17-9)20-6-5-19(8-10(20)12(21)22)14(23)24-15(2,3)4/h7,10H,5-6,8H2,1-4H3,(H,21,22). The van der Waals surface area contributed by atoms with Crippen LogP contribution in [0.5, 0.6) is 0 Å². The minimum atomic E-state index is -1.07. The maximum atomic E-state index is 12.2. The van der Waals surface area contributed by atoms with E-state index < -0.39 is 23.7 Å². The number of carbonyl (C=O) groups is 2. The van der Waals surface area contributed by atoms with Gasteiger partial charge in [0.2, 0.25) is 5.95 Å². The first-order valence-electron chi connectivity index (χ1n) is 7.55. The summed E-state index contributed by atoms with van der Waals surface area (Å²) in [6.07, 6.45) is -0.531. The third-order valence-electron chi connectivity index (χ3n) is 3.39. The Labute approximate surface area is 145 Å². The number of hydrogen-bond donors (Lipinski definition) is 1. The Kier molecular flexibility index (Phi) is 5.17. The van der Waals surface area contributed by atoms with Crippen LogP contribution in [0.3, 0.4) is 0 Å².